The number of methoxy groups -OCH3 is 1. The summed E-state index contributed by atoms with van der Waals surface area (Å²) < 4.78 is 5.12. The number of hydrogen-bond acceptors (Lipinski definition) is 2. The van der Waals surface area contributed by atoms with Crippen molar-refractivity contribution in [2.75, 3.05) is 13.7 Å². The Bertz CT molecular complexity index is 676. The van der Waals surface area contributed by atoms with Gasteiger partial charge in [-0.2, -0.15) is 0 Å². The van der Waals surface area contributed by atoms with E-state index in [1.807, 2.05) is 54.6 Å². The molecule has 0 aliphatic carbocycles. The molecule has 2 rings (SSSR count). The van der Waals surface area contributed by atoms with Crippen LogP contribution >= 0.6 is 11.6 Å². The van der Waals surface area contributed by atoms with Gasteiger partial charge in [0.1, 0.15) is 5.75 Å². The molecule has 4 heteroatoms. The molecule has 0 saturated carbocycles. The van der Waals surface area contributed by atoms with E-state index in [9.17, 15) is 4.79 Å². The predicted molar refractivity (Wildman–Crippen MR) is 94.8 cm³/mol. The Morgan fingerprint density at radius 2 is 1.78 bits per heavy atom. The smallest absolute Gasteiger partial charge is 0.246 e. The second kappa shape index (κ2) is 8.39. The van der Waals surface area contributed by atoms with Crippen molar-refractivity contribution in [2.24, 2.45) is 0 Å². The molecule has 2 aromatic rings. The minimum absolute atomic E-state index is 0.0616. The molecule has 0 spiro atoms. The molecule has 1 N–H and O–H groups in total. The molecule has 0 bridgehead atoms. The highest BCUT2D eigenvalue weighted by molar-refractivity contribution is 6.30. The van der Waals surface area contributed by atoms with Gasteiger partial charge < -0.3 is 10.1 Å². The number of benzene rings is 2. The van der Waals surface area contributed by atoms with Crippen molar-refractivity contribution < 1.29 is 9.53 Å². The average molecular weight is 330 g/mol. The van der Waals surface area contributed by atoms with E-state index in [2.05, 4.69) is 5.32 Å². The molecule has 0 aliphatic heterocycles. The standard InChI is InChI=1S/C19H20ClNO2/c1-14(13-16-3-7-17(20)8-4-16)19(22)21-12-11-15-5-9-18(23-2)10-6-15/h3-10,13H,11-12H2,1-2H3,(H,21,22). The molecular weight excluding hydrogens is 310 g/mol. The fourth-order valence-corrected chi connectivity index (χ4v) is 2.25. The Balaban J connectivity index is 1.84. The number of rotatable bonds is 6. The lowest BCUT2D eigenvalue weighted by molar-refractivity contribution is -0.117. The Hall–Kier alpha value is -2.26. The molecular formula is C19H20ClNO2. The van der Waals surface area contributed by atoms with Gasteiger partial charge in [-0.25, -0.2) is 0 Å². The summed E-state index contributed by atoms with van der Waals surface area (Å²) in [6.07, 6.45) is 2.63. The second-order valence-electron chi connectivity index (χ2n) is 5.23. The fourth-order valence-electron chi connectivity index (χ4n) is 2.13. The van der Waals surface area contributed by atoms with Crippen LogP contribution in [0.1, 0.15) is 18.1 Å². The lowest BCUT2D eigenvalue weighted by Gasteiger charge is -2.07. The first kappa shape index (κ1) is 17.1. The topological polar surface area (TPSA) is 38.3 Å². The van der Waals surface area contributed by atoms with Gasteiger partial charge in [0.05, 0.1) is 7.11 Å². The zero-order valence-corrected chi connectivity index (χ0v) is 14.1. The molecule has 0 unspecified atom stereocenters. The van der Waals surface area contributed by atoms with Crippen molar-refractivity contribution in [3.8, 4) is 5.75 Å². The minimum atomic E-state index is -0.0616. The molecule has 0 heterocycles. The Labute approximate surface area is 141 Å². The number of nitrogens with one attached hydrogen (secondary N) is 1. The maximum Gasteiger partial charge on any atom is 0.246 e. The summed E-state index contributed by atoms with van der Waals surface area (Å²) >= 11 is 5.85. The highest BCUT2D eigenvalue weighted by atomic mass is 35.5. The molecule has 0 atom stereocenters. The van der Waals surface area contributed by atoms with Crippen LogP contribution in [0.15, 0.2) is 54.1 Å². The highest BCUT2D eigenvalue weighted by Gasteiger charge is 2.04. The van der Waals surface area contributed by atoms with Crippen molar-refractivity contribution in [2.45, 2.75) is 13.3 Å². The Morgan fingerprint density at radius 3 is 2.39 bits per heavy atom. The molecule has 120 valence electrons. The third-order valence-electron chi connectivity index (χ3n) is 3.47. The quantitative estimate of drug-likeness (QED) is 0.810. The summed E-state index contributed by atoms with van der Waals surface area (Å²) in [4.78, 5) is 12.1. The summed E-state index contributed by atoms with van der Waals surface area (Å²) in [7, 11) is 1.64. The first-order valence-corrected chi connectivity index (χ1v) is 7.81. The maximum absolute atomic E-state index is 12.1. The van der Waals surface area contributed by atoms with Gasteiger partial charge in [0.15, 0.2) is 0 Å². The lowest BCUT2D eigenvalue weighted by atomic mass is 10.1. The normalized spacial score (nSPS) is 11.2. The lowest BCUT2D eigenvalue weighted by Crippen LogP contribution is -2.26. The molecule has 23 heavy (non-hydrogen) atoms. The van der Waals surface area contributed by atoms with Gasteiger partial charge in [-0.1, -0.05) is 35.9 Å². The average Bonchev–Trinajstić information content (AvgIpc) is 2.57. The van der Waals surface area contributed by atoms with Crippen LogP contribution in [0, 0.1) is 0 Å². The van der Waals surface area contributed by atoms with Crippen LogP contribution in [0.3, 0.4) is 0 Å². The van der Waals surface area contributed by atoms with E-state index in [0.717, 1.165) is 23.3 Å². The minimum Gasteiger partial charge on any atom is -0.497 e. The van der Waals surface area contributed by atoms with E-state index in [4.69, 9.17) is 16.3 Å². The molecule has 0 aromatic heterocycles. The summed E-state index contributed by atoms with van der Waals surface area (Å²) in [6.45, 7) is 2.40. The highest BCUT2D eigenvalue weighted by Crippen LogP contribution is 2.13. The zero-order valence-electron chi connectivity index (χ0n) is 13.3. The summed E-state index contributed by atoms with van der Waals surface area (Å²) in [6, 6.07) is 15.2. The first-order valence-electron chi connectivity index (χ1n) is 7.43. The van der Waals surface area contributed by atoms with E-state index in [0.29, 0.717) is 17.1 Å². The monoisotopic (exact) mass is 329 g/mol. The molecule has 0 aliphatic rings. The van der Waals surface area contributed by atoms with E-state index >= 15 is 0 Å². The van der Waals surface area contributed by atoms with Crippen LogP contribution in [0.5, 0.6) is 5.75 Å². The van der Waals surface area contributed by atoms with E-state index in [1.54, 1.807) is 14.0 Å². The summed E-state index contributed by atoms with van der Waals surface area (Å²) in [5.74, 6) is 0.771. The number of hydrogen-bond donors (Lipinski definition) is 1. The largest absolute Gasteiger partial charge is 0.497 e. The zero-order chi connectivity index (χ0) is 16.7. The first-order chi connectivity index (χ1) is 11.1. The Morgan fingerprint density at radius 1 is 1.13 bits per heavy atom. The van der Waals surface area contributed by atoms with Crippen LogP contribution in [0.4, 0.5) is 0 Å². The number of amides is 1. The number of carbonyl (C=O) groups excluding carboxylic acids is 1. The fraction of sp³-hybridized carbons (Fsp3) is 0.211. The van der Waals surface area contributed by atoms with Gasteiger partial charge in [-0.05, 0) is 54.8 Å². The predicted octanol–water partition coefficient (Wildman–Crippen LogP) is 4.11. The van der Waals surface area contributed by atoms with Crippen molar-refractivity contribution >= 4 is 23.6 Å². The van der Waals surface area contributed by atoms with Crippen molar-refractivity contribution in [3.63, 3.8) is 0 Å². The number of ether oxygens (including phenoxy) is 1. The van der Waals surface area contributed by atoms with E-state index < -0.39 is 0 Å². The van der Waals surface area contributed by atoms with Gasteiger partial charge in [-0.3, -0.25) is 4.79 Å². The summed E-state index contributed by atoms with van der Waals surface area (Å²) in [5.41, 5.74) is 2.78. The SMILES string of the molecule is COc1ccc(CCNC(=O)C(C)=Cc2ccc(Cl)cc2)cc1. The van der Waals surface area contributed by atoms with Gasteiger partial charge in [-0.15, -0.1) is 0 Å². The number of halogens is 1. The molecule has 0 saturated heterocycles. The van der Waals surface area contributed by atoms with Gasteiger partial charge >= 0.3 is 0 Å². The van der Waals surface area contributed by atoms with Gasteiger partial charge in [0.25, 0.3) is 0 Å². The van der Waals surface area contributed by atoms with Crippen molar-refractivity contribution in [3.05, 3.63) is 70.3 Å². The Kier molecular flexibility index (Phi) is 6.24. The molecule has 0 radical (unpaired) electrons. The van der Waals surface area contributed by atoms with Crippen molar-refractivity contribution in [1.82, 2.24) is 5.32 Å². The van der Waals surface area contributed by atoms with Crippen LogP contribution in [0.2, 0.25) is 5.02 Å². The van der Waals surface area contributed by atoms with Crippen molar-refractivity contribution in [1.29, 1.82) is 0 Å². The van der Waals surface area contributed by atoms with E-state index in [-0.39, 0.29) is 5.91 Å². The molecule has 1 amide bonds. The third kappa shape index (κ3) is 5.46. The van der Waals surface area contributed by atoms with Crippen LogP contribution in [0.25, 0.3) is 6.08 Å². The van der Waals surface area contributed by atoms with Crippen LogP contribution in [-0.4, -0.2) is 19.6 Å². The number of carbonyl (C=O) groups is 1. The summed E-state index contributed by atoms with van der Waals surface area (Å²) in [5, 5.41) is 3.61. The van der Waals surface area contributed by atoms with Crippen LogP contribution in [-0.2, 0) is 11.2 Å². The van der Waals surface area contributed by atoms with Gasteiger partial charge in [0, 0.05) is 17.1 Å². The van der Waals surface area contributed by atoms with Crippen LogP contribution < -0.4 is 10.1 Å². The second-order valence-corrected chi connectivity index (χ2v) is 5.67. The molecule has 3 nitrogen and oxygen atoms in total. The van der Waals surface area contributed by atoms with E-state index in [1.165, 1.54) is 0 Å². The molecule has 0 fully saturated rings. The maximum atomic E-state index is 12.1. The molecule has 2 aromatic carbocycles. The third-order valence-corrected chi connectivity index (χ3v) is 3.72. The van der Waals surface area contributed by atoms with Gasteiger partial charge in [0.2, 0.25) is 5.91 Å².